The van der Waals surface area contributed by atoms with E-state index in [9.17, 15) is 15.2 Å². The number of nitro benzene ring substituents is 1. The molecule has 7 nitrogen and oxygen atoms in total. The Labute approximate surface area is 123 Å². The first kappa shape index (κ1) is 13.6. The zero-order valence-electron chi connectivity index (χ0n) is 11.1. The minimum absolute atomic E-state index is 0.118. The predicted octanol–water partition coefficient (Wildman–Crippen LogP) is 3.00. The number of fused-ring (bicyclic) bond motifs is 1. The SMILES string of the molecule is O=[N+]([O-])c1ccc2oc(-c3ccc(O)cc3)c/c(=N\O)c2c1. The van der Waals surface area contributed by atoms with E-state index >= 15 is 0 Å². The second-order valence-corrected chi connectivity index (χ2v) is 4.58. The summed E-state index contributed by atoms with van der Waals surface area (Å²) in [6.45, 7) is 0. The van der Waals surface area contributed by atoms with Gasteiger partial charge in [0, 0.05) is 23.8 Å². The lowest BCUT2D eigenvalue weighted by Crippen LogP contribution is -2.04. The highest BCUT2D eigenvalue weighted by atomic mass is 16.6. The van der Waals surface area contributed by atoms with Gasteiger partial charge in [0.2, 0.25) is 0 Å². The molecular formula is C15H10N2O5. The van der Waals surface area contributed by atoms with Gasteiger partial charge in [-0.05, 0) is 30.3 Å². The molecule has 0 amide bonds. The fourth-order valence-corrected chi connectivity index (χ4v) is 2.12. The monoisotopic (exact) mass is 298 g/mol. The topological polar surface area (TPSA) is 109 Å². The molecule has 2 N–H and O–H groups in total. The Kier molecular flexibility index (Phi) is 3.23. The first-order valence-electron chi connectivity index (χ1n) is 6.28. The number of phenols is 1. The quantitative estimate of drug-likeness (QED) is 0.429. The van der Waals surface area contributed by atoms with Gasteiger partial charge < -0.3 is 14.7 Å². The zero-order chi connectivity index (χ0) is 15.7. The van der Waals surface area contributed by atoms with Gasteiger partial charge in [-0.15, -0.1) is 0 Å². The van der Waals surface area contributed by atoms with Crippen LogP contribution in [0.3, 0.4) is 0 Å². The van der Waals surface area contributed by atoms with E-state index in [1.807, 2.05) is 0 Å². The Morgan fingerprint density at radius 2 is 1.82 bits per heavy atom. The molecule has 0 aliphatic heterocycles. The third-order valence-corrected chi connectivity index (χ3v) is 3.20. The van der Waals surface area contributed by atoms with Crippen LogP contribution in [0.25, 0.3) is 22.3 Å². The number of phenolic OH excluding ortho intramolecular Hbond substituents is 1. The minimum Gasteiger partial charge on any atom is -0.508 e. The van der Waals surface area contributed by atoms with E-state index in [2.05, 4.69) is 5.16 Å². The van der Waals surface area contributed by atoms with Crippen LogP contribution in [0, 0.1) is 10.1 Å². The van der Waals surface area contributed by atoms with Gasteiger partial charge in [0.15, 0.2) is 0 Å². The number of aromatic hydroxyl groups is 1. The van der Waals surface area contributed by atoms with Crippen LogP contribution in [0.5, 0.6) is 5.75 Å². The van der Waals surface area contributed by atoms with Crippen molar-refractivity contribution >= 4 is 16.7 Å². The van der Waals surface area contributed by atoms with Crippen molar-refractivity contribution < 1.29 is 19.7 Å². The number of nitrogens with zero attached hydrogens (tertiary/aromatic N) is 2. The molecule has 1 aromatic heterocycles. The summed E-state index contributed by atoms with van der Waals surface area (Å²) in [5, 5.41) is 32.9. The molecule has 7 heteroatoms. The van der Waals surface area contributed by atoms with Gasteiger partial charge in [0.25, 0.3) is 5.69 Å². The summed E-state index contributed by atoms with van der Waals surface area (Å²) in [4.78, 5) is 10.3. The summed E-state index contributed by atoms with van der Waals surface area (Å²) >= 11 is 0. The van der Waals surface area contributed by atoms with E-state index in [0.29, 0.717) is 22.3 Å². The maximum absolute atomic E-state index is 10.8. The third-order valence-electron chi connectivity index (χ3n) is 3.20. The van der Waals surface area contributed by atoms with Crippen molar-refractivity contribution in [1.29, 1.82) is 0 Å². The van der Waals surface area contributed by atoms with Crippen molar-refractivity contribution in [2.75, 3.05) is 0 Å². The maximum atomic E-state index is 10.8. The summed E-state index contributed by atoms with van der Waals surface area (Å²) in [5.74, 6) is 0.529. The minimum atomic E-state index is -0.533. The molecule has 3 rings (SSSR count). The molecule has 2 aromatic carbocycles. The van der Waals surface area contributed by atoms with Crippen LogP contribution >= 0.6 is 0 Å². The highest BCUT2D eigenvalue weighted by molar-refractivity contribution is 5.80. The summed E-state index contributed by atoms with van der Waals surface area (Å²) < 4.78 is 5.69. The highest BCUT2D eigenvalue weighted by Crippen LogP contribution is 2.25. The number of non-ortho nitro benzene ring substituents is 1. The van der Waals surface area contributed by atoms with Crippen LogP contribution < -0.4 is 5.36 Å². The summed E-state index contributed by atoms with van der Waals surface area (Å²) in [6, 6.07) is 11.8. The van der Waals surface area contributed by atoms with Crippen molar-refractivity contribution in [3.05, 3.63) is 64.0 Å². The highest BCUT2D eigenvalue weighted by Gasteiger charge is 2.11. The zero-order valence-corrected chi connectivity index (χ0v) is 11.1. The molecule has 3 aromatic rings. The largest absolute Gasteiger partial charge is 0.508 e. The van der Waals surface area contributed by atoms with Crippen LogP contribution in [0.15, 0.2) is 58.1 Å². The number of nitro groups is 1. The third kappa shape index (κ3) is 2.35. The molecule has 22 heavy (non-hydrogen) atoms. The van der Waals surface area contributed by atoms with Gasteiger partial charge in [-0.25, -0.2) is 0 Å². The molecule has 110 valence electrons. The standard InChI is InChI=1S/C15H10N2O5/c18-11-4-1-9(2-5-11)15-8-13(16-19)12-7-10(17(20)21)3-6-14(12)22-15/h1-8,18-19H/b16-13+. The fourth-order valence-electron chi connectivity index (χ4n) is 2.12. The molecule has 0 radical (unpaired) electrons. The van der Waals surface area contributed by atoms with Crippen molar-refractivity contribution in [2.45, 2.75) is 0 Å². The van der Waals surface area contributed by atoms with Crippen molar-refractivity contribution in [2.24, 2.45) is 5.16 Å². The Morgan fingerprint density at radius 3 is 2.45 bits per heavy atom. The van der Waals surface area contributed by atoms with Gasteiger partial charge in [-0.3, -0.25) is 10.1 Å². The van der Waals surface area contributed by atoms with E-state index in [4.69, 9.17) is 9.62 Å². The molecular weight excluding hydrogens is 288 g/mol. The van der Waals surface area contributed by atoms with Gasteiger partial charge in [-0.2, -0.15) is 0 Å². The summed E-state index contributed by atoms with van der Waals surface area (Å²) in [5.41, 5.74) is 0.900. The van der Waals surface area contributed by atoms with Gasteiger partial charge in [0.05, 0.1) is 10.3 Å². The van der Waals surface area contributed by atoms with E-state index < -0.39 is 4.92 Å². The molecule has 0 bridgehead atoms. The Hall–Kier alpha value is -3.35. The van der Waals surface area contributed by atoms with Crippen LogP contribution in [0.1, 0.15) is 0 Å². The van der Waals surface area contributed by atoms with E-state index in [1.54, 1.807) is 12.1 Å². The van der Waals surface area contributed by atoms with Crippen LogP contribution in [-0.4, -0.2) is 15.2 Å². The molecule has 0 aliphatic carbocycles. The van der Waals surface area contributed by atoms with Gasteiger partial charge in [-0.1, -0.05) is 5.16 Å². The smallest absolute Gasteiger partial charge is 0.270 e. The molecule has 1 heterocycles. The van der Waals surface area contributed by atoms with E-state index in [-0.39, 0.29) is 16.8 Å². The average molecular weight is 298 g/mol. The number of benzene rings is 2. The molecule has 0 atom stereocenters. The van der Waals surface area contributed by atoms with Gasteiger partial charge in [0.1, 0.15) is 22.5 Å². The van der Waals surface area contributed by atoms with Crippen LogP contribution in [0.4, 0.5) is 5.69 Å². The lowest BCUT2D eigenvalue weighted by Gasteiger charge is -2.04. The van der Waals surface area contributed by atoms with Crippen molar-refractivity contribution in [1.82, 2.24) is 0 Å². The molecule has 0 spiro atoms. The number of hydrogen-bond acceptors (Lipinski definition) is 6. The first-order chi connectivity index (χ1) is 10.6. The average Bonchev–Trinajstić information content (AvgIpc) is 2.53. The molecule has 0 saturated carbocycles. The summed E-state index contributed by atoms with van der Waals surface area (Å²) in [6.07, 6.45) is 0. The Balaban J connectivity index is 2.26. The van der Waals surface area contributed by atoms with E-state index in [0.717, 1.165) is 0 Å². The molecule has 0 saturated heterocycles. The first-order valence-corrected chi connectivity index (χ1v) is 6.28. The lowest BCUT2D eigenvalue weighted by atomic mass is 10.1. The van der Waals surface area contributed by atoms with Crippen LogP contribution in [-0.2, 0) is 0 Å². The second-order valence-electron chi connectivity index (χ2n) is 4.58. The molecule has 0 unspecified atom stereocenters. The Morgan fingerprint density at radius 1 is 1.09 bits per heavy atom. The lowest BCUT2D eigenvalue weighted by molar-refractivity contribution is -0.384. The number of rotatable bonds is 2. The molecule has 0 aliphatic rings. The van der Waals surface area contributed by atoms with E-state index in [1.165, 1.54) is 36.4 Å². The van der Waals surface area contributed by atoms with Crippen molar-refractivity contribution in [3.63, 3.8) is 0 Å². The normalized spacial score (nSPS) is 11.7. The molecule has 0 fully saturated rings. The Bertz CT molecular complexity index is 929. The van der Waals surface area contributed by atoms with Gasteiger partial charge >= 0.3 is 0 Å². The predicted molar refractivity (Wildman–Crippen MR) is 77.3 cm³/mol. The number of hydrogen-bond donors (Lipinski definition) is 2. The second kappa shape index (κ2) is 5.21. The maximum Gasteiger partial charge on any atom is 0.270 e. The summed E-state index contributed by atoms with van der Waals surface area (Å²) in [7, 11) is 0. The van der Waals surface area contributed by atoms with Crippen molar-refractivity contribution in [3.8, 4) is 17.1 Å². The van der Waals surface area contributed by atoms with Crippen LogP contribution in [0.2, 0.25) is 0 Å². The fraction of sp³-hybridized carbons (Fsp3) is 0.